The standard InChI is InChI=1S/C10H10ClF2N/c11-9-7(10(14)2-1-3-10)4-6(12)5-8(9)13/h4-5H,1-3,14H2. The van der Waals surface area contributed by atoms with Crippen LogP contribution in [0.4, 0.5) is 8.78 Å². The molecule has 1 aromatic carbocycles. The molecule has 4 heteroatoms. The van der Waals surface area contributed by atoms with Gasteiger partial charge in [0.15, 0.2) is 0 Å². The molecule has 1 aliphatic carbocycles. The highest BCUT2D eigenvalue weighted by Crippen LogP contribution is 2.42. The zero-order chi connectivity index (χ0) is 10.3. The number of nitrogens with two attached hydrogens (primary N) is 1. The maximum atomic E-state index is 13.1. The molecule has 2 N–H and O–H groups in total. The molecular weight excluding hydrogens is 208 g/mol. The minimum absolute atomic E-state index is 0.0476. The second-order valence-corrected chi connectivity index (χ2v) is 4.14. The fourth-order valence-corrected chi connectivity index (χ4v) is 2.04. The Morgan fingerprint density at radius 1 is 1.29 bits per heavy atom. The molecule has 0 aliphatic heterocycles. The molecule has 0 aromatic heterocycles. The van der Waals surface area contributed by atoms with E-state index >= 15 is 0 Å². The molecule has 2 rings (SSSR count). The number of hydrogen-bond donors (Lipinski definition) is 1. The quantitative estimate of drug-likeness (QED) is 0.720. The van der Waals surface area contributed by atoms with Crippen LogP contribution in [0.2, 0.25) is 5.02 Å². The molecule has 1 nitrogen and oxygen atoms in total. The minimum Gasteiger partial charge on any atom is -0.321 e. The second kappa shape index (κ2) is 3.17. The zero-order valence-electron chi connectivity index (χ0n) is 7.49. The predicted molar refractivity (Wildman–Crippen MR) is 51.1 cm³/mol. The summed E-state index contributed by atoms with van der Waals surface area (Å²) in [6.07, 6.45) is 2.44. The lowest BCUT2D eigenvalue weighted by molar-refractivity contribution is 0.252. The molecule has 1 aromatic rings. The van der Waals surface area contributed by atoms with Gasteiger partial charge >= 0.3 is 0 Å². The molecule has 0 unspecified atom stereocenters. The molecular formula is C10H10ClF2N. The van der Waals surface area contributed by atoms with Gasteiger partial charge in [0.1, 0.15) is 11.6 Å². The summed E-state index contributed by atoms with van der Waals surface area (Å²) < 4.78 is 26.0. The molecule has 0 spiro atoms. The Labute approximate surface area is 85.9 Å². The third-order valence-corrected chi connectivity index (χ3v) is 3.16. The van der Waals surface area contributed by atoms with E-state index in [1.54, 1.807) is 0 Å². The molecule has 0 radical (unpaired) electrons. The SMILES string of the molecule is NC1(c2cc(F)cc(F)c2Cl)CCC1. The Kier molecular flexibility index (Phi) is 2.24. The summed E-state index contributed by atoms with van der Waals surface area (Å²) in [6, 6.07) is 2.00. The van der Waals surface area contributed by atoms with Crippen molar-refractivity contribution in [3.8, 4) is 0 Å². The van der Waals surface area contributed by atoms with Crippen LogP contribution in [0, 0.1) is 11.6 Å². The first kappa shape index (κ1) is 9.87. The van der Waals surface area contributed by atoms with Gasteiger partial charge in [0, 0.05) is 11.6 Å². The normalized spacial score (nSPS) is 19.1. The maximum absolute atomic E-state index is 13.1. The molecule has 0 amide bonds. The van der Waals surface area contributed by atoms with Gasteiger partial charge in [-0.15, -0.1) is 0 Å². The summed E-state index contributed by atoms with van der Waals surface area (Å²) in [5.41, 5.74) is 5.71. The van der Waals surface area contributed by atoms with Gasteiger partial charge in [0.05, 0.1) is 5.02 Å². The summed E-state index contributed by atoms with van der Waals surface area (Å²) in [7, 11) is 0. The van der Waals surface area contributed by atoms with Crippen molar-refractivity contribution in [3.63, 3.8) is 0 Å². The van der Waals surface area contributed by atoms with Crippen molar-refractivity contribution in [3.05, 3.63) is 34.4 Å². The first-order valence-corrected chi connectivity index (χ1v) is 4.85. The Balaban J connectivity index is 2.51. The van der Waals surface area contributed by atoms with Gasteiger partial charge < -0.3 is 5.73 Å². The van der Waals surface area contributed by atoms with Crippen LogP contribution in [-0.4, -0.2) is 0 Å². The van der Waals surface area contributed by atoms with Crippen LogP contribution in [0.3, 0.4) is 0 Å². The van der Waals surface area contributed by atoms with Crippen LogP contribution in [0.5, 0.6) is 0 Å². The predicted octanol–water partition coefficient (Wildman–Crippen LogP) is 2.96. The lowest BCUT2D eigenvalue weighted by Crippen LogP contribution is -2.43. The topological polar surface area (TPSA) is 26.0 Å². The molecule has 76 valence electrons. The fourth-order valence-electron chi connectivity index (χ4n) is 1.75. The third-order valence-electron chi connectivity index (χ3n) is 2.78. The van der Waals surface area contributed by atoms with E-state index in [1.807, 2.05) is 0 Å². The van der Waals surface area contributed by atoms with Gasteiger partial charge in [0.25, 0.3) is 0 Å². The molecule has 1 saturated carbocycles. The largest absolute Gasteiger partial charge is 0.321 e. The molecule has 0 heterocycles. The van der Waals surface area contributed by atoms with Crippen LogP contribution in [0.1, 0.15) is 24.8 Å². The van der Waals surface area contributed by atoms with E-state index < -0.39 is 17.2 Å². The first-order valence-electron chi connectivity index (χ1n) is 4.47. The zero-order valence-corrected chi connectivity index (χ0v) is 8.24. The molecule has 0 atom stereocenters. The Morgan fingerprint density at radius 2 is 1.93 bits per heavy atom. The van der Waals surface area contributed by atoms with E-state index in [2.05, 4.69) is 0 Å². The van der Waals surface area contributed by atoms with Gasteiger partial charge in [-0.05, 0) is 30.9 Å². The van der Waals surface area contributed by atoms with Gasteiger partial charge in [-0.2, -0.15) is 0 Å². The van der Waals surface area contributed by atoms with Gasteiger partial charge in [0.2, 0.25) is 0 Å². The van der Waals surface area contributed by atoms with Crippen molar-refractivity contribution in [2.45, 2.75) is 24.8 Å². The smallest absolute Gasteiger partial charge is 0.145 e. The Bertz CT molecular complexity index is 375. The van der Waals surface area contributed by atoms with Gasteiger partial charge in [-0.1, -0.05) is 11.6 Å². The highest BCUT2D eigenvalue weighted by molar-refractivity contribution is 6.31. The lowest BCUT2D eigenvalue weighted by Gasteiger charge is -2.39. The highest BCUT2D eigenvalue weighted by Gasteiger charge is 2.37. The van der Waals surface area contributed by atoms with E-state index in [9.17, 15) is 8.78 Å². The fraction of sp³-hybridized carbons (Fsp3) is 0.400. The number of rotatable bonds is 1. The summed E-state index contributed by atoms with van der Waals surface area (Å²) in [5, 5.41) is -0.0476. The highest BCUT2D eigenvalue weighted by atomic mass is 35.5. The first-order chi connectivity index (χ1) is 6.53. The van der Waals surface area contributed by atoms with E-state index in [0.717, 1.165) is 25.3 Å². The van der Waals surface area contributed by atoms with Crippen molar-refractivity contribution >= 4 is 11.6 Å². The Morgan fingerprint density at radius 3 is 2.43 bits per heavy atom. The van der Waals surface area contributed by atoms with Crippen LogP contribution >= 0.6 is 11.6 Å². The molecule has 0 saturated heterocycles. The number of halogens is 3. The summed E-state index contributed by atoms with van der Waals surface area (Å²) in [5.74, 6) is -1.36. The van der Waals surface area contributed by atoms with E-state index in [4.69, 9.17) is 17.3 Å². The van der Waals surface area contributed by atoms with E-state index in [1.165, 1.54) is 6.07 Å². The van der Waals surface area contributed by atoms with Crippen molar-refractivity contribution in [1.82, 2.24) is 0 Å². The lowest BCUT2D eigenvalue weighted by atomic mass is 9.73. The second-order valence-electron chi connectivity index (χ2n) is 3.76. The molecule has 1 fully saturated rings. The monoisotopic (exact) mass is 217 g/mol. The average molecular weight is 218 g/mol. The summed E-state index contributed by atoms with van der Waals surface area (Å²) in [4.78, 5) is 0. The van der Waals surface area contributed by atoms with E-state index in [-0.39, 0.29) is 5.02 Å². The van der Waals surface area contributed by atoms with Gasteiger partial charge in [-0.3, -0.25) is 0 Å². The number of benzene rings is 1. The summed E-state index contributed by atoms with van der Waals surface area (Å²) >= 11 is 5.74. The minimum atomic E-state index is -0.738. The van der Waals surface area contributed by atoms with Crippen molar-refractivity contribution in [1.29, 1.82) is 0 Å². The molecule has 1 aliphatic rings. The van der Waals surface area contributed by atoms with Crippen LogP contribution in [0.25, 0.3) is 0 Å². The third kappa shape index (κ3) is 1.41. The van der Waals surface area contributed by atoms with E-state index in [0.29, 0.717) is 5.56 Å². The van der Waals surface area contributed by atoms with Crippen molar-refractivity contribution in [2.24, 2.45) is 5.73 Å². The molecule has 0 bridgehead atoms. The number of hydrogen-bond acceptors (Lipinski definition) is 1. The van der Waals surface area contributed by atoms with Crippen LogP contribution in [-0.2, 0) is 5.54 Å². The maximum Gasteiger partial charge on any atom is 0.145 e. The molecule has 14 heavy (non-hydrogen) atoms. The van der Waals surface area contributed by atoms with Gasteiger partial charge in [-0.25, -0.2) is 8.78 Å². The van der Waals surface area contributed by atoms with Crippen molar-refractivity contribution < 1.29 is 8.78 Å². The van der Waals surface area contributed by atoms with Crippen molar-refractivity contribution in [2.75, 3.05) is 0 Å². The Hall–Kier alpha value is -0.670. The van der Waals surface area contributed by atoms with Crippen LogP contribution in [0.15, 0.2) is 12.1 Å². The van der Waals surface area contributed by atoms with Crippen LogP contribution < -0.4 is 5.73 Å². The average Bonchev–Trinajstić information content (AvgIpc) is 2.07. The summed E-state index contributed by atoms with van der Waals surface area (Å²) in [6.45, 7) is 0.